The van der Waals surface area contributed by atoms with Gasteiger partial charge in [-0.15, -0.1) is 0 Å². The summed E-state index contributed by atoms with van der Waals surface area (Å²) in [6.07, 6.45) is 5.14. The number of azide groups is 1. The van der Waals surface area contributed by atoms with Crippen LogP contribution in [0.25, 0.3) is 10.4 Å². The van der Waals surface area contributed by atoms with Crippen molar-refractivity contribution in [3.63, 3.8) is 0 Å². The molecule has 134 valence electrons. The maximum atomic E-state index is 12.8. The van der Waals surface area contributed by atoms with Gasteiger partial charge in [0.2, 0.25) is 0 Å². The first-order valence-corrected chi connectivity index (χ1v) is 9.20. The fourth-order valence-electron chi connectivity index (χ4n) is 5.10. The maximum absolute atomic E-state index is 12.8. The van der Waals surface area contributed by atoms with Crippen LogP contribution < -0.4 is 0 Å². The summed E-state index contributed by atoms with van der Waals surface area (Å²) in [6.45, 7) is 8.14. The molecule has 0 aromatic rings. The zero-order chi connectivity index (χ0) is 17.4. The van der Waals surface area contributed by atoms with Gasteiger partial charge in [0.25, 0.3) is 0 Å². The normalized spacial score (nSPS) is 37.0. The minimum absolute atomic E-state index is 0.000413. The van der Waals surface area contributed by atoms with Crippen molar-refractivity contribution < 1.29 is 14.3 Å². The van der Waals surface area contributed by atoms with E-state index in [2.05, 4.69) is 30.8 Å². The molecule has 3 atom stereocenters. The molecule has 6 heteroatoms. The highest BCUT2D eigenvalue weighted by atomic mass is 16.7. The van der Waals surface area contributed by atoms with E-state index in [1.165, 1.54) is 0 Å². The zero-order valence-electron chi connectivity index (χ0n) is 15.1. The quantitative estimate of drug-likeness (QED) is 0.437. The van der Waals surface area contributed by atoms with E-state index in [0.29, 0.717) is 38.4 Å². The summed E-state index contributed by atoms with van der Waals surface area (Å²) in [4.78, 5) is 15.6. The fourth-order valence-corrected chi connectivity index (χ4v) is 5.10. The SMILES string of the molecule is CC[C@@]12CCC(=O)[C@H]1[C@H](CCN=[N+]=[N-])C1(CC2)OCC(C)(C)CO1. The van der Waals surface area contributed by atoms with Crippen LogP contribution in [0.1, 0.15) is 59.3 Å². The second-order valence-electron chi connectivity index (χ2n) is 8.56. The molecule has 1 saturated heterocycles. The van der Waals surface area contributed by atoms with E-state index >= 15 is 0 Å². The Kier molecular flexibility index (Phi) is 4.67. The van der Waals surface area contributed by atoms with Gasteiger partial charge in [-0.2, -0.15) is 0 Å². The largest absolute Gasteiger partial charge is 0.349 e. The van der Waals surface area contributed by atoms with Crippen LogP contribution >= 0.6 is 0 Å². The lowest BCUT2D eigenvalue weighted by atomic mass is 9.58. The Bertz CT molecular complexity index is 546. The molecular formula is C18H29N3O3. The van der Waals surface area contributed by atoms with Crippen molar-refractivity contribution >= 4 is 5.78 Å². The van der Waals surface area contributed by atoms with E-state index in [1.54, 1.807) is 0 Å². The van der Waals surface area contributed by atoms with Crippen molar-refractivity contribution in [3.05, 3.63) is 10.4 Å². The van der Waals surface area contributed by atoms with Gasteiger partial charge >= 0.3 is 0 Å². The average molecular weight is 335 g/mol. The maximum Gasteiger partial charge on any atom is 0.171 e. The molecule has 3 aliphatic rings. The second-order valence-corrected chi connectivity index (χ2v) is 8.56. The number of rotatable bonds is 4. The van der Waals surface area contributed by atoms with Crippen LogP contribution in [0.15, 0.2) is 5.11 Å². The van der Waals surface area contributed by atoms with Crippen LogP contribution in [0.5, 0.6) is 0 Å². The second kappa shape index (κ2) is 6.32. The first-order chi connectivity index (χ1) is 11.4. The molecule has 24 heavy (non-hydrogen) atoms. The highest BCUT2D eigenvalue weighted by Crippen LogP contribution is 2.60. The summed E-state index contributed by atoms with van der Waals surface area (Å²) in [6, 6.07) is 0. The van der Waals surface area contributed by atoms with Gasteiger partial charge in [-0.3, -0.25) is 4.79 Å². The van der Waals surface area contributed by atoms with Crippen molar-refractivity contribution in [1.29, 1.82) is 0 Å². The third-order valence-corrected chi connectivity index (χ3v) is 6.54. The standard InChI is InChI=1S/C18H29N3O3/c1-4-17-7-5-14(22)15(17)13(6-10-20-21-19)18(9-8-17)23-11-16(2,3)12-24-18/h13,15H,4-12H2,1-3H3/t13-,15+,17-/m0/s1. The van der Waals surface area contributed by atoms with Gasteiger partial charge in [0.05, 0.1) is 13.2 Å². The molecule has 1 aliphatic heterocycles. The van der Waals surface area contributed by atoms with Crippen LogP contribution in [0.4, 0.5) is 0 Å². The smallest absolute Gasteiger partial charge is 0.171 e. The molecule has 0 unspecified atom stereocenters. The molecule has 3 rings (SSSR count). The topological polar surface area (TPSA) is 84.3 Å². The minimum Gasteiger partial charge on any atom is -0.349 e. The fraction of sp³-hybridized carbons (Fsp3) is 0.944. The van der Waals surface area contributed by atoms with Crippen LogP contribution in [0.2, 0.25) is 0 Å². The van der Waals surface area contributed by atoms with Crippen molar-refractivity contribution in [2.24, 2.45) is 27.8 Å². The van der Waals surface area contributed by atoms with E-state index in [4.69, 9.17) is 15.0 Å². The lowest BCUT2D eigenvalue weighted by Gasteiger charge is -2.56. The van der Waals surface area contributed by atoms with Gasteiger partial charge in [0.15, 0.2) is 5.79 Å². The summed E-state index contributed by atoms with van der Waals surface area (Å²) in [5.74, 6) is -0.364. The predicted octanol–water partition coefficient (Wildman–Crippen LogP) is 4.24. The number of ketones is 1. The summed E-state index contributed by atoms with van der Waals surface area (Å²) in [5.41, 5.74) is 8.72. The van der Waals surface area contributed by atoms with Crippen molar-refractivity contribution in [2.75, 3.05) is 19.8 Å². The summed E-state index contributed by atoms with van der Waals surface area (Å²) in [5, 5.41) is 3.72. The number of Topliss-reactive ketones (excluding diaryl/α,β-unsaturated/α-hetero) is 1. The van der Waals surface area contributed by atoms with Gasteiger partial charge in [0.1, 0.15) is 5.78 Å². The number of hydrogen-bond acceptors (Lipinski definition) is 4. The molecule has 3 fully saturated rings. The first kappa shape index (κ1) is 17.7. The Morgan fingerprint density at radius 2 is 1.96 bits per heavy atom. The summed E-state index contributed by atoms with van der Waals surface area (Å²) >= 11 is 0. The predicted molar refractivity (Wildman–Crippen MR) is 90.2 cm³/mol. The molecule has 0 N–H and O–H groups in total. The first-order valence-electron chi connectivity index (χ1n) is 9.20. The van der Waals surface area contributed by atoms with Crippen LogP contribution in [-0.2, 0) is 14.3 Å². The summed E-state index contributed by atoms with van der Waals surface area (Å²) in [7, 11) is 0. The van der Waals surface area contributed by atoms with Gasteiger partial charge in [-0.05, 0) is 36.6 Å². The van der Waals surface area contributed by atoms with E-state index in [0.717, 1.165) is 25.7 Å². The van der Waals surface area contributed by atoms with Crippen LogP contribution in [-0.4, -0.2) is 31.3 Å². The molecule has 0 aromatic carbocycles. The Morgan fingerprint density at radius 3 is 2.58 bits per heavy atom. The van der Waals surface area contributed by atoms with Crippen molar-refractivity contribution in [1.82, 2.24) is 0 Å². The van der Waals surface area contributed by atoms with Gasteiger partial charge in [-0.1, -0.05) is 25.9 Å². The van der Waals surface area contributed by atoms with Gasteiger partial charge < -0.3 is 9.47 Å². The van der Waals surface area contributed by atoms with E-state index in [1.807, 2.05) is 0 Å². The third kappa shape index (κ3) is 2.85. The molecule has 0 bridgehead atoms. The average Bonchev–Trinajstić information content (AvgIpc) is 2.90. The van der Waals surface area contributed by atoms with Crippen molar-refractivity contribution in [3.8, 4) is 0 Å². The number of hydrogen-bond donors (Lipinski definition) is 0. The lowest BCUT2D eigenvalue weighted by molar-refractivity contribution is -0.346. The Morgan fingerprint density at radius 1 is 1.25 bits per heavy atom. The highest BCUT2D eigenvalue weighted by Gasteiger charge is 2.62. The van der Waals surface area contributed by atoms with Crippen LogP contribution in [0.3, 0.4) is 0 Å². The summed E-state index contributed by atoms with van der Waals surface area (Å²) < 4.78 is 12.6. The molecule has 2 aliphatic carbocycles. The number of ether oxygens (including phenoxy) is 2. The molecule has 1 heterocycles. The van der Waals surface area contributed by atoms with Crippen LogP contribution in [0, 0.1) is 22.7 Å². The Hall–Kier alpha value is -1.10. The van der Waals surface area contributed by atoms with E-state index in [-0.39, 0.29) is 22.7 Å². The Balaban J connectivity index is 1.91. The molecule has 6 nitrogen and oxygen atoms in total. The molecule has 0 radical (unpaired) electrons. The third-order valence-electron chi connectivity index (χ3n) is 6.54. The van der Waals surface area contributed by atoms with E-state index < -0.39 is 5.79 Å². The molecule has 0 aromatic heterocycles. The van der Waals surface area contributed by atoms with Crippen molar-refractivity contribution in [2.45, 2.75) is 65.1 Å². The Labute approximate surface area is 143 Å². The molecule has 1 spiro atoms. The van der Waals surface area contributed by atoms with Gasteiger partial charge in [-0.25, -0.2) is 0 Å². The molecular weight excluding hydrogens is 306 g/mol. The number of carbonyl (C=O) groups excluding carboxylic acids is 1. The van der Waals surface area contributed by atoms with E-state index in [9.17, 15) is 4.79 Å². The highest BCUT2D eigenvalue weighted by molar-refractivity contribution is 5.85. The molecule has 2 saturated carbocycles. The minimum atomic E-state index is -0.677. The number of carbonyl (C=O) groups is 1. The lowest BCUT2D eigenvalue weighted by Crippen LogP contribution is -2.59. The van der Waals surface area contributed by atoms with Gasteiger partial charge in [0, 0.05) is 41.5 Å². The monoisotopic (exact) mass is 335 g/mol. The number of fused-ring (bicyclic) bond motifs is 1. The zero-order valence-corrected chi connectivity index (χ0v) is 15.1. The molecule has 0 amide bonds. The number of nitrogens with zero attached hydrogens (tertiary/aromatic N) is 3.